The van der Waals surface area contributed by atoms with Crippen molar-refractivity contribution in [1.82, 2.24) is 5.32 Å². The van der Waals surface area contributed by atoms with Crippen LogP contribution in [0, 0.1) is 13.8 Å². The first-order valence-electron chi connectivity index (χ1n) is 5.91. The molecule has 0 spiro atoms. The Morgan fingerprint density at radius 2 is 1.75 bits per heavy atom. The minimum atomic E-state index is -0.130. The van der Waals surface area contributed by atoms with E-state index in [1.165, 1.54) is 11.1 Å². The molecular formula is C14H23NO. The summed E-state index contributed by atoms with van der Waals surface area (Å²) in [6, 6.07) is 6.35. The molecule has 0 saturated carbocycles. The van der Waals surface area contributed by atoms with Crippen molar-refractivity contribution >= 4 is 0 Å². The summed E-state index contributed by atoms with van der Waals surface area (Å²) in [6.45, 7) is 9.35. The summed E-state index contributed by atoms with van der Waals surface area (Å²) in [5.41, 5.74) is 2.37. The molecule has 0 saturated heterocycles. The van der Waals surface area contributed by atoms with Crippen molar-refractivity contribution in [2.45, 2.75) is 39.7 Å². The van der Waals surface area contributed by atoms with Crippen molar-refractivity contribution in [3.8, 4) is 5.75 Å². The van der Waals surface area contributed by atoms with Gasteiger partial charge >= 0.3 is 0 Å². The first kappa shape index (κ1) is 13.0. The molecule has 2 heteroatoms. The number of rotatable bonds is 5. The number of hydrogen-bond acceptors (Lipinski definition) is 2. The molecular weight excluding hydrogens is 198 g/mol. The highest BCUT2D eigenvalue weighted by Gasteiger charge is 2.23. The van der Waals surface area contributed by atoms with Gasteiger partial charge in [-0.05, 0) is 57.5 Å². The van der Waals surface area contributed by atoms with Gasteiger partial charge in [-0.25, -0.2) is 0 Å². The van der Waals surface area contributed by atoms with E-state index in [0.29, 0.717) is 0 Å². The maximum absolute atomic E-state index is 6.09. The van der Waals surface area contributed by atoms with Gasteiger partial charge in [0.15, 0.2) is 0 Å². The lowest BCUT2D eigenvalue weighted by Gasteiger charge is -2.29. The van der Waals surface area contributed by atoms with E-state index in [0.717, 1.165) is 18.7 Å². The lowest BCUT2D eigenvalue weighted by molar-refractivity contribution is 0.0857. The van der Waals surface area contributed by atoms with Crippen LogP contribution >= 0.6 is 0 Å². The maximum Gasteiger partial charge on any atom is 0.120 e. The number of ether oxygens (including phenoxy) is 1. The van der Waals surface area contributed by atoms with Gasteiger partial charge < -0.3 is 10.1 Å². The highest BCUT2D eigenvalue weighted by molar-refractivity contribution is 5.33. The van der Waals surface area contributed by atoms with E-state index < -0.39 is 0 Å². The number of hydrogen-bond donors (Lipinski definition) is 1. The molecule has 0 radical (unpaired) electrons. The van der Waals surface area contributed by atoms with Crippen LogP contribution in [0.5, 0.6) is 5.75 Å². The Bertz CT molecular complexity index is 328. The third kappa shape index (κ3) is 3.53. The van der Waals surface area contributed by atoms with Crippen LogP contribution in [0.1, 0.15) is 31.4 Å². The van der Waals surface area contributed by atoms with Crippen LogP contribution < -0.4 is 10.1 Å². The summed E-state index contributed by atoms with van der Waals surface area (Å²) < 4.78 is 6.09. The van der Waals surface area contributed by atoms with E-state index in [9.17, 15) is 0 Å². The molecule has 0 aliphatic heterocycles. The van der Waals surface area contributed by atoms with Crippen LogP contribution in [0.3, 0.4) is 0 Å². The Kier molecular flexibility index (Phi) is 4.36. The monoisotopic (exact) mass is 221 g/mol. The molecule has 0 bridgehead atoms. The fraction of sp³-hybridized carbons (Fsp3) is 0.571. The van der Waals surface area contributed by atoms with Crippen molar-refractivity contribution in [3.63, 3.8) is 0 Å². The van der Waals surface area contributed by atoms with Gasteiger partial charge in [0.2, 0.25) is 0 Å². The minimum Gasteiger partial charge on any atom is -0.486 e. The summed E-state index contributed by atoms with van der Waals surface area (Å²) >= 11 is 0. The second kappa shape index (κ2) is 5.35. The standard InChI is InChI=1S/C14H23NO/c1-6-14(4,10-15-5)16-13-8-11(2)7-12(3)9-13/h7-9,15H,6,10H2,1-5H3. The van der Waals surface area contributed by atoms with Gasteiger partial charge in [0.05, 0.1) is 0 Å². The molecule has 2 nitrogen and oxygen atoms in total. The highest BCUT2D eigenvalue weighted by Crippen LogP contribution is 2.23. The molecule has 16 heavy (non-hydrogen) atoms. The summed E-state index contributed by atoms with van der Waals surface area (Å²) in [7, 11) is 1.96. The zero-order valence-electron chi connectivity index (χ0n) is 11.1. The van der Waals surface area contributed by atoms with Crippen LogP contribution in [0.4, 0.5) is 0 Å². The molecule has 0 fully saturated rings. The first-order chi connectivity index (χ1) is 7.49. The Hall–Kier alpha value is -1.02. The second-order valence-electron chi connectivity index (χ2n) is 4.76. The van der Waals surface area contributed by atoms with E-state index in [4.69, 9.17) is 4.74 Å². The maximum atomic E-state index is 6.09. The third-order valence-electron chi connectivity index (χ3n) is 2.86. The SMILES string of the molecule is CCC(C)(CNC)Oc1cc(C)cc(C)c1. The zero-order valence-corrected chi connectivity index (χ0v) is 11.1. The van der Waals surface area contributed by atoms with Crippen LogP contribution in [0.2, 0.25) is 0 Å². The Morgan fingerprint density at radius 3 is 2.19 bits per heavy atom. The van der Waals surface area contributed by atoms with Crippen molar-refractivity contribution in [3.05, 3.63) is 29.3 Å². The van der Waals surface area contributed by atoms with E-state index in [-0.39, 0.29) is 5.60 Å². The van der Waals surface area contributed by atoms with E-state index >= 15 is 0 Å². The van der Waals surface area contributed by atoms with Gasteiger partial charge in [-0.2, -0.15) is 0 Å². The molecule has 0 aromatic heterocycles. The summed E-state index contributed by atoms with van der Waals surface area (Å²) in [5, 5.41) is 3.18. The number of likely N-dealkylation sites (N-methyl/N-ethyl adjacent to an activating group) is 1. The smallest absolute Gasteiger partial charge is 0.120 e. The zero-order chi connectivity index (χ0) is 12.2. The summed E-state index contributed by atoms with van der Waals surface area (Å²) in [6.07, 6.45) is 0.987. The predicted molar refractivity (Wildman–Crippen MR) is 69.2 cm³/mol. The van der Waals surface area contributed by atoms with E-state index in [1.807, 2.05) is 7.05 Å². The highest BCUT2D eigenvalue weighted by atomic mass is 16.5. The molecule has 0 amide bonds. The van der Waals surface area contributed by atoms with E-state index in [2.05, 4.69) is 51.2 Å². The lowest BCUT2D eigenvalue weighted by Crippen LogP contribution is -2.41. The number of nitrogens with one attached hydrogen (secondary N) is 1. The van der Waals surface area contributed by atoms with Crippen molar-refractivity contribution in [1.29, 1.82) is 0 Å². The second-order valence-corrected chi connectivity index (χ2v) is 4.76. The molecule has 1 aromatic carbocycles. The Morgan fingerprint density at radius 1 is 1.19 bits per heavy atom. The summed E-state index contributed by atoms with van der Waals surface area (Å²) in [4.78, 5) is 0. The average Bonchev–Trinajstić information content (AvgIpc) is 2.16. The number of aryl methyl sites for hydroxylation is 2. The molecule has 1 N–H and O–H groups in total. The normalized spacial score (nSPS) is 14.6. The van der Waals surface area contributed by atoms with Gasteiger partial charge in [-0.15, -0.1) is 0 Å². The van der Waals surface area contributed by atoms with Crippen LogP contribution in [-0.4, -0.2) is 19.2 Å². The molecule has 1 aromatic rings. The van der Waals surface area contributed by atoms with Gasteiger partial charge in [0.25, 0.3) is 0 Å². The minimum absolute atomic E-state index is 0.130. The van der Waals surface area contributed by atoms with E-state index in [1.54, 1.807) is 0 Å². The fourth-order valence-electron chi connectivity index (χ4n) is 1.88. The van der Waals surface area contributed by atoms with Crippen LogP contribution in [-0.2, 0) is 0 Å². The van der Waals surface area contributed by atoms with Crippen molar-refractivity contribution in [2.24, 2.45) is 0 Å². The quantitative estimate of drug-likeness (QED) is 0.825. The molecule has 1 unspecified atom stereocenters. The van der Waals surface area contributed by atoms with Gasteiger partial charge in [0, 0.05) is 6.54 Å². The number of benzene rings is 1. The van der Waals surface area contributed by atoms with Crippen LogP contribution in [0.15, 0.2) is 18.2 Å². The van der Waals surface area contributed by atoms with Crippen LogP contribution in [0.25, 0.3) is 0 Å². The predicted octanol–water partition coefficient (Wildman–Crippen LogP) is 3.07. The Balaban J connectivity index is 2.85. The molecule has 0 aliphatic rings. The molecule has 1 rings (SSSR count). The molecule has 1 atom stereocenters. The topological polar surface area (TPSA) is 21.3 Å². The lowest BCUT2D eigenvalue weighted by atomic mass is 10.0. The fourth-order valence-corrected chi connectivity index (χ4v) is 1.88. The van der Waals surface area contributed by atoms with Gasteiger partial charge in [-0.1, -0.05) is 13.0 Å². The van der Waals surface area contributed by atoms with Gasteiger partial charge in [0.1, 0.15) is 11.4 Å². The molecule has 90 valence electrons. The molecule has 0 aliphatic carbocycles. The largest absolute Gasteiger partial charge is 0.486 e. The Labute approximate surface area is 99.0 Å². The van der Waals surface area contributed by atoms with Gasteiger partial charge in [-0.3, -0.25) is 0 Å². The summed E-state index contributed by atoms with van der Waals surface area (Å²) in [5.74, 6) is 0.970. The third-order valence-corrected chi connectivity index (χ3v) is 2.86. The molecule has 0 heterocycles. The first-order valence-corrected chi connectivity index (χ1v) is 5.91. The van der Waals surface area contributed by atoms with Crippen molar-refractivity contribution < 1.29 is 4.74 Å². The van der Waals surface area contributed by atoms with Crippen molar-refractivity contribution in [2.75, 3.05) is 13.6 Å². The average molecular weight is 221 g/mol.